The Morgan fingerprint density at radius 1 is 1.47 bits per heavy atom. The van der Waals surface area contributed by atoms with Gasteiger partial charge in [0, 0.05) is 19.2 Å². The first-order valence-electron chi connectivity index (χ1n) is 5.73. The van der Waals surface area contributed by atoms with Gasteiger partial charge in [0.15, 0.2) is 11.5 Å². The number of rotatable bonds is 4. The lowest BCUT2D eigenvalue weighted by Crippen LogP contribution is -2.20. The Morgan fingerprint density at radius 3 is 2.79 bits per heavy atom. The van der Waals surface area contributed by atoms with Gasteiger partial charge in [-0.3, -0.25) is 0 Å². The number of carboxylic acids is 1. The molecule has 2 rings (SSSR count). The molecule has 19 heavy (non-hydrogen) atoms. The highest BCUT2D eigenvalue weighted by molar-refractivity contribution is 5.86. The van der Waals surface area contributed by atoms with Crippen molar-refractivity contribution in [1.82, 2.24) is 4.98 Å². The minimum absolute atomic E-state index is 0.0278. The summed E-state index contributed by atoms with van der Waals surface area (Å²) in [6, 6.07) is 4.80. The highest BCUT2D eigenvalue weighted by atomic mass is 16.4. The summed E-state index contributed by atoms with van der Waals surface area (Å²) in [6.07, 6.45) is 1.61. The number of nitrogens with two attached hydrogens (primary N) is 1. The number of anilines is 2. The predicted molar refractivity (Wildman–Crippen MR) is 71.2 cm³/mol. The fourth-order valence-electron chi connectivity index (χ4n) is 1.79. The van der Waals surface area contributed by atoms with E-state index in [4.69, 9.17) is 15.3 Å². The third kappa shape index (κ3) is 2.67. The number of aromatic carboxylic acids is 1. The summed E-state index contributed by atoms with van der Waals surface area (Å²) >= 11 is 0. The number of aromatic nitrogens is 1. The van der Waals surface area contributed by atoms with E-state index in [1.807, 2.05) is 13.0 Å². The van der Waals surface area contributed by atoms with E-state index in [0.29, 0.717) is 18.1 Å². The summed E-state index contributed by atoms with van der Waals surface area (Å²) in [5, 5.41) is 8.95. The molecule has 2 heterocycles. The van der Waals surface area contributed by atoms with Crippen LogP contribution in [-0.4, -0.2) is 23.1 Å². The van der Waals surface area contributed by atoms with Gasteiger partial charge in [-0.15, -0.1) is 0 Å². The summed E-state index contributed by atoms with van der Waals surface area (Å²) in [5.74, 6) is 0.189. The zero-order chi connectivity index (χ0) is 14.0. The second-order valence-electron chi connectivity index (χ2n) is 4.27. The van der Waals surface area contributed by atoms with E-state index in [2.05, 4.69) is 4.98 Å². The smallest absolute Gasteiger partial charge is 0.354 e. The maximum atomic E-state index is 10.9. The van der Waals surface area contributed by atoms with Gasteiger partial charge >= 0.3 is 5.97 Å². The molecule has 2 aromatic heterocycles. The number of aryl methyl sites for hydroxylation is 1. The van der Waals surface area contributed by atoms with E-state index in [1.54, 1.807) is 24.3 Å². The molecule has 3 N–H and O–H groups in total. The van der Waals surface area contributed by atoms with E-state index in [0.717, 1.165) is 11.3 Å². The second-order valence-corrected chi connectivity index (χ2v) is 4.27. The van der Waals surface area contributed by atoms with Crippen LogP contribution in [0.2, 0.25) is 0 Å². The van der Waals surface area contributed by atoms with Crippen molar-refractivity contribution in [3.8, 4) is 0 Å². The number of nitrogens with zero attached hydrogens (tertiary/aromatic N) is 2. The maximum absolute atomic E-state index is 10.9. The molecule has 0 saturated carbocycles. The van der Waals surface area contributed by atoms with E-state index >= 15 is 0 Å². The van der Waals surface area contributed by atoms with Gasteiger partial charge < -0.3 is 20.2 Å². The molecule has 0 unspecified atom stereocenters. The van der Waals surface area contributed by atoms with Crippen LogP contribution in [0.15, 0.2) is 28.9 Å². The van der Waals surface area contributed by atoms with Crippen LogP contribution in [0.25, 0.3) is 0 Å². The first-order chi connectivity index (χ1) is 8.99. The maximum Gasteiger partial charge on any atom is 0.354 e. The molecule has 100 valence electrons. The Kier molecular flexibility index (Phi) is 3.41. The molecule has 6 heteroatoms. The number of pyridine rings is 1. The second kappa shape index (κ2) is 5.01. The molecular formula is C13H15N3O3. The number of furan rings is 1. The molecule has 0 bridgehead atoms. The fraction of sp³-hybridized carbons (Fsp3) is 0.231. The van der Waals surface area contributed by atoms with Crippen LogP contribution in [0.5, 0.6) is 0 Å². The van der Waals surface area contributed by atoms with Crippen molar-refractivity contribution in [3.05, 3.63) is 41.5 Å². The number of carboxylic acid groups (broad SMARTS) is 1. The molecule has 6 nitrogen and oxygen atoms in total. The van der Waals surface area contributed by atoms with Gasteiger partial charge in [0.2, 0.25) is 0 Å². The molecule has 2 aromatic rings. The molecule has 0 aliphatic rings. The molecule has 0 aromatic carbocycles. The zero-order valence-corrected chi connectivity index (χ0v) is 10.8. The normalized spacial score (nSPS) is 10.4. The molecule has 0 radical (unpaired) electrons. The van der Waals surface area contributed by atoms with Crippen LogP contribution < -0.4 is 10.6 Å². The largest absolute Gasteiger partial charge is 0.477 e. The fourth-order valence-corrected chi connectivity index (χ4v) is 1.79. The number of hydrogen-bond acceptors (Lipinski definition) is 5. The summed E-state index contributed by atoms with van der Waals surface area (Å²) in [5.41, 5.74) is 7.25. The highest BCUT2D eigenvalue weighted by Crippen LogP contribution is 2.22. The summed E-state index contributed by atoms with van der Waals surface area (Å²) in [7, 11) is 1.80. The van der Waals surface area contributed by atoms with Gasteiger partial charge in [0.1, 0.15) is 5.76 Å². The van der Waals surface area contributed by atoms with Crippen molar-refractivity contribution in [3.63, 3.8) is 0 Å². The third-order valence-electron chi connectivity index (χ3n) is 2.86. The molecule has 0 amide bonds. The molecule has 0 atom stereocenters. The first kappa shape index (κ1) is 12.9. The molecule has 0 saturated heterocycles. The van der Waals surface area contributed by atoms with Gasteiger partial charge in [-0.05, 0) is 25.1 Å². The Morgan fingerprint density at radius 2 is 2.21 bits per heavy atom. The van der Waals surface area contributed by atoms with Gasteiger partial charge in [0.25, 0.3) is 0 Å². The standard InChI is InChI=1S/C13H15N3O3/c1-8-9(5-6-19-8)7-16(2)12-10(14)3-4-11(15-12)13(17)18/h3-6H,7,14H2,1-2H3,(H,17,18). The molecule has 0 aliphatic heterocycles. The topological polar surface area (TPSA) is 92.6 Å². The summed E-state index contributed by atoms with van der Waals surface area (Å²) in [4.78, 5) is 16.8. The van der Waals surface area contributed by atoms with Crippen molar-refractivity contribution >= 4 is 17.5 Å². The molecular weight excluding hydrogens is 246 g/mol. The number of carbonyl (C=O) groups is 1. The zero-order valence-electron chi connectivity index (χ0n) is 10.8. The van der Waals surface area contributed by atoms with Crippen molar-refractivity contribution in [2.24, 2.45) is 0 Å². The van der Waals surface area contributed by atoms with Crippen molar-refractivity contribution < 1.29 is 14.3 Å². The third-order valence-corrected chi connectivity index (χ3v) is 2.86. The van der Waals surface area contributed by atoms with E-state index in [-0.39, 0.29) is 5.69 Å². The number of nitrogen functional groups attached to an aromatic ring is 1. The highest BCUT2D eigenvalue weighted by Gasteiger charge is 2.13. The van der Waals surface area contributed by atoms with Crippen molar-refractivity contribution in [2.45, 2.75) is 13.5 Å². The van der Waals surface area contributed by atoms with Crippen LogP contribution in [0, 0.1) is 6.92 Å². The first-order valence-corrected chi connectivity index (χ1v) is 5.73. The monoisotopic (exact) mass is 261 g/mol. The molecule has 0 fully saturated rings. The Labute approximate surface area is 110 Å². The summed E-state index contributed by atoms with van der Waals surface area (Å²) < 4.78 is 5.22. The molecule has 0 spiro atoms. The van der Waals surface area contributed by atoms with E-state index in [1.165, 1.54) is 6.07 Å². The Bertz CT molecular complexity index is 607. The van der Waals surface area contributed by atoms with E-state index < -0.39 is 5.97 Å². The lowest BCUT2D eigenvalue weighted by Gasteiger charge is -2.19. The van der Waals surface area contributed by atoms with Gasteiger partial charge in [0.05, 0.1) is 12.0 Å². The van der Waals surface area contributed by atoms with Gasteiger partial charge in [-0.2, -0.15) is 0 Å². The van der Waals surface area contributed by atoms with Crippen LogP contribution in [0.4, 0.5) is 11.5 Å². The Hall–Kier alpha value is -2.50. The lowest BCUT2D eigenvalue weighted by atomic mass is 10.2. The average Bonchev–Trinajstić information content (AvgIpc) is 2.75. The SMILES string of the molecule is Cc1occc1CN(C)c1nc(C(=O)O)ccc1N. The van der Waals surface area contributed by atoms with Crippen molar-refractivity contribution in [1.29, 1.82) is 0 Å². The predicted octanol–water partition coefficient (Wildman–Crippen LogP) is 1.90. The van der Waals surface area contributed by atoms with Gasteiger partial charge in [-0.1, -0.05) is 0 Å². The quantitative estimate of drug-likeness (QED) is 0.873. The Balaban J connectivity index is 2.28. The molecule has 0 aliphatic carbocycles. The van der Waals surface area contributed by atoms with Crippen LogP contribution in [0.1, 0.15) is 21.8 Å². The van der Waals surface area contributed by atoms with Gasteiger partial charge in [-0.25, -0.2) is 9.78 Å². The lowest BCUT2D eigenvalue weighted by molar-refractivity contribution is 0.0690. The number of hydrogen-bond donors (Lipinski definition) is 2. The van der Waals surface area contributed by atoms with E-state index in [9.17, 15) is 4.79 Å². The minimum atomic E-state index is -1.07. The summed E-state index contributed by atoms with van der Waals surface area (Å²) in [6.45, 7) is 2.41. The van der Waals surface area contributed by atoms with Crippen molar-refractivity contribution in [2.75, 3.05) is 17.7 Å². The van der Waals surface area contributed by atoms with Crippen LogP contribution in [0.3, 0.4) is 0 Å². The average molecular weight is 261 g/mol. The van der Waals surface area contributed by atoms with Crippen LogP contribution in [-0.2, 0) is 6.54 Å². The van der Waals surface area contributed by atoms with Crippen LogP contribution >= 0.6 is 0 Å². The minimum Gasteiger partial charge on any atom is -0.477 e.